The first-order valence-corrected chi connectivity index (χ1v) is 3.49. The fourth-order valence-electron chi connectivity index (χ4n) is 1.17. The van der Waals surface area contributed by atoms with Crippen LogP contribution in [0.5, 0.6) is 0 Å². The predicted octanol–water partition coefficient (Wildman–Crippen LogP) is -0.549. The molecule has 0 aromatic carbocycles. The van der Waals surface area contributed by atoms with E-state index in [2.05, 4.69) is 16.5 Å². The third-order valence-electron chi connectivity index (χ3n) is 1.94. The number of fused-ring (bicyclic) bond motifs is 1. The number of nitrogens with zero attached hydrogens (tertiary/aromatic N) is 3. The molecule has 0 fully saturated rings. The van der Waals surface area contributed by atoms with E-state index in [0.717, 1.165) is 5.56 Å². The van der Waals surface area contributed by atoms with Crippen molar-refractivity contribution in [1.82, 2.24) is 14.8 Å². The quantitative estimate of drug-likeness (QED) is 0.477. The third kappa shape index (κ3) is 0.703. The lowest BCUT2D eigenvalue weighted by atomic mass is 10.2. The molecule has 0 bridgehead atoms. The van der Waals surface area contributed by atoms with Gasteiger partial charge in [0.1, 0.15) is 12.0 Å². The minimum Gasteiger partial charge on any atom is -0.360 e. The molecule has 0 radical (unpaired) electrons. The molecule has 1 aliphatic heterocycles. The molecule has 0 saturated heterocycles. The Morgan fingerprint density at radius 3 is 3.00 bits per heavy atom. The number of carbonyl (C=O) groups excluding carboxylic acids is 1. The second kappa shape index (κ2) is 2.17. The standard InChI is InChI=1S/C7H6BN3O/c1-4-5-2-9-3-10-6(5)7(12)11(4)8/h2-3H,1,8H2. The van der Waals surface area contributed by atoms with Crippen LogP contribution in [0, 0.1) is 0 Å². The zero-order valence-electron chi connectivity index (χ0n) is 6.61. The molecule has 0 unspecified atom stereocenters. The fraction of sp³-hybridized carbons (Fsp3) is 0. The molecule has 12 heavy (non-hydrogen) atoms. The van der Waals surface area contributed by atoms with E-state index in [1.165, 1.54) is 11.1 Å². The summed E-state index contributed by atoms with van der Waals surface area (Å²) in [4.78, 5) is 20.6. The van der Waals surface area contributed by atoms with Crippen molar-refractivity contribution in [3.8, 4) is 0 Å². The van der Waals surface area contributed by atoms with Gasteiger partial charge in [-0.1, -0.05) is 6.58 Å². The highest BCUT2D eigenvalue weighted by Crippen LogP contribution is 2.26. The van der Waals surface area contributed by atoms with Crippen LogP contribution in [0.1, 0.15) is 16.1 Å². The lowest BCUT2D eigenvalue weighted by Gasteiger charge is -2.07. The van der Waals surface area contributed by atoms with E-state index in [9.17, 15) is 4.79 Å². The van der Waals surface area contributed by atoms with Crippen LogP contribution in [-0.4, -0.2) is 28.7 Å². The average Bonchev–Trinajstić information content (AvgIpc) is 2.33. The largest absolute Gasteiger partial charge is 0.360 e. The topological polar surface area (TPSA) is 46.1 Å². The lowest BCUT2D eigenvalue weighted by molar-refractivity contribution is 0.0913. The van der Waals surface area contributed by atoms with Gasteiger partial charge in [0.2, 0.25) is 7.98 Å². The van der Waals surface area contributed by atoms with Crippen molar-refractivity contribution < 1.29 is 4.79 Å². The first-order valence-electron chi connectivity index (χ1n) is 3.49. The van der Waals surface area contributed by atoms with Gasteiger partial charge in [0.25, 0.3) is 5.91 Å². The van der Waals surface area contributed by atoms with Gasteiger partial charge in [0, 0.05) is 17.5 Å². The highest BCUT2D eigenvalue weighted by molar-refractivity contribution is 6.26. The molecular weight excluding hydrogens is 153 g/mol. The van der Waals surface area contributed by atoms with E-state index in [0.29, 0.717) is 11.4 Å². The summed E-state index contributed by atoms with van der Waals surface area (Å²) in [5.74, 6) is -0.114. The number of hydrogen-bond acceptors (Lipinski definition) is 3. The molecule has 1 amide bonds. The lowest BCUT2D eigenvalue weighted by Crippen LogP contribution is -2.18. The van der Waals surface area contributed by atoms with Gasteiger partial charge in [0.05, 0.1) is 0 Å². The predicted molar refractivity (Wildman–Crippen MR) is 45.8 cm³/mol. The molecule has 1 aromatic rings. The molecule has 0 atom stereocenters. The molecule has 1 aliphatic rings. The van der Waals surface area contributed by atoms with E-state index in [1.54, 1.807) is 14.2 Å². The molecule has 58 valence electrons. The molecule has 2 rings (SSSR count). The van der Waals surface area contributed by atoms with E-state index in [4.69, 9.17) is 0 Å². The summed E-state index contributed by atoms with van der Waals surface area (Å²) in [5.41, 5.74) is 1.83. The minimum atomic E-state index is -0.114. The van der Waals surface area contributed by atoms with Crippen molar-refractivity contribution >= 4 is 19.6 Å². The zero-order chi connectivity index (χ0) is 8.72. The van der Waals surface area contributed by atoms with Crippen molar-refractivity contribution in [3.05, 3.63) is 30.4 Å². The first-order chi connectivity index (χ1) is 5.72. The molecule has 5 heteroatoms. The van der Waals surface area contributed by atoms with Crippen molar-refractivity contribution in [1.29, 1.82) is 0 Å². The SMILES string of the molecule is BN1C(=C)c2cncnc2C1=O. The van der Waals surface area contributed by atoms with Crippen LogP contribution in [0.15, 0.2) is 19.1 Å². The second-order valence-electron chi connectivity index (χ2n) is 2.60. The Labute approximate surface area is 70.4 Å². The fourth-order valence-corrected chi connectivity index (χ4v) is 1.17. The van der Waals surface area contributed by atoms with E-state index < -0.39 is 0 Å². The highest BCUT2D eigenvalue weighted by atomic mass is 16.2. The molecule has 1 aromatic heterocycles. The zero-order valence-corrected chi connectivity index (χ0v) is 6.61. The van der Waals surface area contributed by atoms with Gasteiger partial charge < -0.3 is 4.81 Å². The van der Waals surface area contributed by atoms with Gasteiger partial charge in [0.15, 0.2) is 0 Å². The Hall–Kier alpha value is -1.65. The molecule has 0 N–H and O–H groups in total. The van der Waals surface area contributed by atoms with Crippen LogP contribution in [0.25, 0.3) is 5.70 Å². The Balaban J connectivity index is 2.67. The van der Waals surface area contributed by atoms with Gasteiger partial charge in [-0.2, -0.15) is 0 Å². The summed E-state index contributed by atoms with van der Waals surface area (Å²) in [5, 5.41) is 0. The maximum Gasteiger partial charge on any atom is 0.265 e. The summed E-state index contributed by atoms with van der Waals surface area (Å²) in [7, 11) is 1.67. The molecule has 0 spiro atoms. The summed E-state index contributed by atoms with van der Waals surface area (Å²) in [6.07, 6.45) is 2.97. The van der Waals surface area contributed by atoms with Crippen molar-refractivity contribution in [2.75, 3.05) is 0 Å². The van der Waals surface area contributed by atoms with Crippen molar-refractivity contribution in [3.63, 3.8) is 0 Å². The maximum absolute atomic E-state index is 11.4. The van der Waals surface area contributed by atoms with Gasteiger partial charge in [-0.05, 0) is 0 Å². The molecule has 0 saturated carbocycles. The normalized spacial score (nSPS) is 15.2. The third-order valence-corrected chi connectivity index (χ3v) is 1.94. The highest BCUT2D eigenvalue weighted by Gasteiger charge is 2.28. The second-order valence-corrected chi connectivity index (χ2v) is 2.60. The number of amides is 1. The number of carbonyl (C=O) groups is 1. The number of hydrogen-bond donors (Lipinski definition) is 0. The van der Waals surface area contributed by atoms with E-state index >= 15 is 0 Å². The van der Waals surface area contributed by atoms with Crippen LogP contribution in [-0.2, 0) is 0 Å². The van der Waals surface area contributed by atoms with Gasteiger partial charge in [-0.25, -0.2) is 9.97 Å². The first kappa shape index (κ1) is 7.03. The summed E-state index contributed by atoms with van der Waals surface area (Å²) >= 11 is 0. The molecule has 4 nitrogen and oxygen atoms in total. The Morgan fingerprint density at radius 1 is 1.58 bits per heavy atom. The number of aromatic nitrogens is 2. The van der Waals surface area contributed by atoms with Crippen LogP contribution in [0.4, 0.5) is 0 Å². The minimum absolute atomic E-state index is 0.114. The smallest absolute Gasteiger partial charge is 0.265 e. The summed E-state index contributed by atoms with van der Waals surface area (Å²) in [6, 6.07) is 0. The summed E-state index contributed by atoms with van der Waals surface area (Å²) in [6.45, 7) is 3.75. The molecule has 2 heterocycles. The van der Waals surface area contributed by atoms with E-state index in [-0.39, 0.29) is 5.91 Å². The van der Waals surface area contributed by atoms with E-state index in [1.807, 2.05) is 0 Å². The van der Waals surface area contributed by atoms with Gasteiger partial charge >= 0.3 is 0 Å². The van der Waals surface area contributed by atoms with Gasteiger partial charge in [-0.15, -0.1) is 0 Å². The van der Waals surface area contributed by atoms with Crippen LogP contribution >= 0.6 is 0 Å². The average molecular weight is 159 g/mol. The Kier molecular flexibility index (Phi) is 1.27. The number of rotatable bonds is 0. The van der Waals surface area contributed by atoms with Crippen molar-refractivity contribution in [2.24, 2.45) is 0 Å². The van der Waals surface area contributed by atoms with Crippen LogP contribution in [0.3, 0.4) is 0 Å². The molecular formula is C7H6BN3O. The van der Waals surface area contributed by atoms with Gasteiger partial charge in [-0.3, -0.25) is 4.79 Å². The monoisotopic (exact) mass is 159 g/mol. The Morgan fingerprint density at radius 2 is 2.33 bits per heavy atom. The molecule has 0 aliphatic carbocycles. The van der Waals surface area contributed by atoms with Crippen molar-refractivity contribution in [2.45, 2.75) is 0 Å². The van der Waals surface area contributed by atoms with Crippen LogP contribution < -0.4 is 0 Å². The maximum atomic E-state index is 11.4. The van der Waals surface area contributed by atoms with Crippen LogP contribution in [0.2, 0.25) is 0 Å². The summed E-state index contributed by atoms with van der Waals surface area (Å²) < 4.78 is 0. The Bertz CT molecular complexity index is 342.